The Morgan fingerprint density at radius 2 is 1.90 bits per heavy atom. The van der Waals surface area contributed by atoms with Gasteiger partial charge in [0.05, 0.1) is 6.54 Å². The summed E-state index contributed by atoms with van der Waals surface area (Å²) in [5.74, 6) is 2.67. The van der Waals surface area contributed by atoms with Gasteiger partial charge in [0, 0.05) is 6.54 Å². The zero-order valence-electron chi connectivity index (χ0n) is 10.9. The molecule has 0 amide bonds. The lowest BCUT2D eigenvalue weighted by Crippen LogP contribution is -2.16. The largest absolute Gasteiger partial charge is 0.486 e. The SMILES string of the molecule is N#Cc1ccc(CNCc2ccc3c(c2)OCCO3)o1. The van der Waals surface area contributed by atoms with Crippen LogP contribution in [0.25, 0.3) is 0 Å². The van der Waals surface area contributed by atoms with Crippen LogP contribution in [0, 0.1) is 11.3 Å². The van der Waals surface area contributed by atoms with Crippen LogP contribution in [-0.2, 0) is 13.1 Å². The smallest absolute Gasteiger partial charge is 0.203 e. The first kappa shape index (κ1) is 12.6. The van der Waals surface area contributed by atoms with Crippen LogP contribution in [0.15, 0.2) is 34.7 Å². The molecule has 5 nitrogen and oxygen atoms in total. The summed E-state index contributed by atoms with van der Waals surface area (Å²) in [6.07, 6.45) is 0. The first-order chi connectivity index (χ1) is 9.85. The highest BCUT2D eigenvalue weighted by Crippen LogP contribution is 2.30. The molecule has 2 aromatic rings. The fourth-order valence-corrected chi connectivity index (χ4v) is 2.06. The Morgan fingerprint density at radius 3 is 2.70 bits per heavy atom. The van der Waals surface area contributed by atoms with Crippen molar-refractivity contribution < 1.29 is 13.9 Å². The molecule has 102 valence electrons. The Morgan fingerprint density at radius 1 is 1.05 bits per heavy atom. The number of furan rings is 1. The number of nitrogens with one attached hydrogen (secondary N) is 1. The van der Waals surface area contributed by atoms with Gasteiger partial charge < -0.3 is 19.2 Å². The maximum absolute atomic E-state index is 8.68. The Balaban J connectivity index is 1.57. The van der Waals surface area contributed by atoms with Crippen molar-refractivity contribution in [1.29, 1.82) is 5.26 Å². The van der Waals surface area contributed by atoms with Crippen LogP contribution >= 0.6 is 0 Å². The van der Waals surface area contributed by atoms with E-state index in [1.807, 2.05) is 24.3 Å². The normalized spacial score (nSPS) is 12.9. The molecule has 0 spiro atoms. The number of nitriles is 1. The molecular weight excluding hydrogens is 256 g/mol. The zero-order chi connectivity index (χ0) is 13.8. The van der Waals surface area contributed by atoms with Crippen LogP contribution in [0.1, 0.15) is 17.1 Å². The summed E-state index contributed by atoms with van der Waals surface area (Å²) in [7, 11) is 0. The van der Waals surface area contributed by atoms with Gasteiger partial charge in [0.1, 0.15) is 25.0 Å². The number of hydrogen-bond donors (Lipinski definition) is 1. The van der Waals surface area contributed by atoms with Crippen LogP contribution in [0.3, 0.4) is 0 Å². The molecule has 0 bridgehead atoms. The molecule has 1 aromatic carbocycles. The van der Waals surface area contributed by atoms with E-state index < -0.39 is 0 Å². The molecule has 5 heteroatoms. The van der Waals surface area contributed by atoms with Crippen molar-refractivity contribution in [3.63, 3.8) is 0 Å². The molecule has 0 saturated heterocycles. The second-order valence-corrected chi connectivity index (χ2v) is 4.46. The second kappa shape index (κ2) is 5.68. The van der Waals surface area contributed by atoms with Crippen LogP contribution < -0.4 is 14.8 Å². The van der Waals surface area contributed by atoms with Crippen molar-refractivity contribution in [1.82, 2.24) is 5.32 Å². The molecule has 0 saturated carbocycles. The highest BCUT2D eigenvalue weighted by Gasteiger charge is 2.11. The van der Waals surface area contributed by atoms with Crippen molar-refractivity contribution in [2.75, 3.05) is 13.2 Å². The van der Waals surface area contributed by atoms with Crippen molar-refractivity contribution >= 4 is 0 Å². The Hall–Kier alpha value is -2.45. The van der Waals surface area contributed by atoms with Gasteiger partial charge in [-0.1, -0.05) is 6.07 Å². The van der Waals surface area contributed by atoms with Crippen molar-refractivity contribution in [2.45, 2.75) is 13.1 Å². The number of ether oxygens (including phenoxy) is 2. The van der Waals surface area contributed by atoms with Crippen LogP contribution in [0.2, 0.25) is 0 Å². The molecule has 3 rings (SSSR count). The quantitative estimate of drug-likeness (QED) is 0.922. The molecule has 1 aliphatic heterocycles. The minimum absolute atomic E-state index is 0.334. The second-order valence-electron chi connectivity index (χ2n) is 4.46. The lowest BCUT2D eigenvalue weighted by Gasteiger charge is -2.18. The monoisotopic (exact) mass is 270 g/mol. The van der Waals surface area contributed by atoms with Gasteiger partial charge in [0.2, 0.25) is 5.76 Å². The van der Waals surface area contributed by atoms with E-state index in [4.69, 9.17) is 19.2 Å². The number of nitrogens with zero attached hydrogens (tertiary/aromatic N) is 1. The summed E-state index contributed by atoms with van der Waals surface area (Å²) in [5, 5.41) is 11.9. The summed E-state index contributed by atoms with van der Waals surface area (Å²) in [6.45, 7) is 2.47. The lowest BCUT2D eigenvalue weighted by atomic mass is 10.2. The van der Waals surface area contributed by atoms with Crippen LogP contribution in [-0.4, -0.2) is 13.2 Å². The summed E-state index contributed by atoms with van der Waals surface area (Å²) in [6, 6.07) is 11.3. The standard InChI is InChI=1S/C15H14N2O3/c16-8-12-2-3-13(20-12)10-17-9-11-1-4-14-15(7-11)19-6-5-18-14/h1-4,7,17H,5-6,9-10H2. The molecule has 2 heterocycles. The van der Waals surface area contributed by atoms with Gasteiger partial charge in [-0.05, 0) is 29.8 Å². The first-order valence-corrected chi connectivity index (χ1v) is 6.43. The predicted molar refractivity (Wildman–Crippen MR) is 71.4 cm³/mol. The minimum Gasteiger partial charge on any atom is -0.486 e. The maximum Gasteiger partial charge on any atom is 0.203 e. The van der Waals surface area contributed by atoms with Crippen molar-refractivity contribution in [2.24, 2.45) is 0 Å². The lowest BCUT2D eigenvalue weighted by molar-refractivity contribution is 0.171. The summed E-state index contributed by atoms with van der Waals surface area (Å²) >= 11 is 0. The third-order valence-electron chi connectivity index (χ3n) is 3.01. The van der Waals surface area contributed by atoms with Crippen LogP contribution in [0.5, 0.6) is 11.5 Å². The van der Waals surface area contributed by atoms with Crippen molar-refractivity contribution in [3.8, 4) is 17.6 Å². The number of hydrogen-bond acceptors (Lipinski definition) is 5. The molecule has 1 aliphatic rings. The van der Waals surface area contributed by atoms with Gasteiger partial charge in [-0.15, -0.1) is 0 Å². The molecule has 1 N–H and O–H groups in total. The topological polar surface area (TPSA) is 67.4 Å². The Bertz CT molecular complexity index is 643. The van der Waals surface area contributed by atoms with Gasteiger partial charge in [-0.3, -0.25) is 0 Å². The fourth-order valence-electron chi connectivity index (χ4n) is 2.06. The zero-order valence-corrected chi connectivity index (χ0v) is 10.9. The molecule has 0 radical (unpaired) electrons. The fraction of sp³-hybridized carbons (Fsp3) is 0.267. The molecule has 1 aromatic heterocycles. The number of benzene rings is 1. The van der Waals surface area contributed by atoms with E-state index >= 15 is 0 Å². The third-order valence-corrected chi connectivity index (χ3v) is 3.01. The average Bonchev–Trinajstić information content (AvgIpc) is 2.95. The Labute approximate surface area is 116 Å². The van der Waals surface area contributed by atoms with E-state index in [1.54, 1.807) is 12.1 Å². The average molecular weight is 270 g/mol. The molecule has 20 heavy (non-hydrogen) atoms. The van der Waals surface area contributed by atoms with Gasteiger partial charge >= 0.3 is 0 Å². The Kier molecular flexibility index (Phi) is 3.57. The highest BCUT2D eigenvalue weighted by atomic mass is 16.6. The van der Waals surface area contributed by atoms with E-state index in [2.05, 4.69) is 5.32 Å². The first-order valence-electron chi connectivity index (χ1n) is 6.43. The van der Waals surface area contributed by atoms with E-state index in [-0.39, 0.29) is 0 Å². The molecule has 0 atom stereocenters. The summed E-state index contributed by atoms with van der Waals surface area (Å²) in [5.41, 5.74) is 1.11. The number of rotatable bonds is 4. The molecule has 0 fully saturated rings. The molecule has 0 unspecified atom stereocenters. The van der Waals surface area contributed by atoms with Gasteiger partial charge in [0.25, 0.3) is 0 Å². The highest BCUT2D eigenvalue weighted by molar-refractivity contribution is 5.43. The summed E-state index contributed by atoms with van der Waals surface area (Å²) < 4.78 is 16.3. The van der Waals surface area contributed by atoms with E-state index in [0.717, 1.165) is 22.8 Å². The van der Waals surface area contributed by atoms with Crippen LogP contribution in [0.4, 0.5) is 0 Å². The maximum atomic E-state index is 8.68. The van der Waals surface area contributed by atoms with Crippen molar-refractivity contribution in [3.05, 3.63) is 47.4 Å². The predicted octanol–water partition coefficient (Wildman–Crippen LogP) is 2.21. The van der Waals surface area contributed by atoms with E-state index in [9.17, 15) is 0 Å². The van der Waals surface area contributed by atoms with Gasteiger partial charge in [-0.2, -0.15) is 5.26 Å². The number of fused-ring (bicyclic) bond motifs is 1. The molecular formula is C15H14N2O3. The third kappa shape index (κ3) is 2.76. The van der Waals surface area contributed by atoms with Gasteiger partial charge in [-0.25, -0.2) is 0 Å². The van der Waals surface area contributed by atoms with E-state index in [1.165, 1.54) is 0 Å². The minimum atomic E-state index is 0.334. The van der Waals surface area contributed by atoms with Gasteiger partial charge in [0.15, 0.2) is 11.5 Å². The van der Waals surface area contributed by atoms with E-state index in [0.29, 0.717) is 32.1 Å². The summed E-state index contributed by atoms with van der Waals surface area (Å²) in [4.78, 5) is 0. The molecule has 0 aliphatic carbocycles.